The van der Waals surface area contributed by atoms with Crippen LogP contribution < -0.4 is 16.0 Å². The number of halogens is 1. The molecule has 7 heteroatoms. The zero-order valence-electron chi connectivity index (χ0n) is 16.8. The van der Waals surface area contributed by atoms with Crippen molar-refractivity contribution < 1.29 is 9.53 Å². The Balaban J connectivity index is 0.00000676. The number of ether oxygens (including phenoxy) is 1. The highest BCUT2D eigenvalue weighted by Crippen LogP contribution is 1.98. The Morgan fingerprint density at radius 2 is 1.81 bits per heavy atom. The highest BCUT2D eigenvalue weighted by molar-refractivity contribution is 14.0. The molecule has 0 aliphatic heterocycles. The van der Waals surface area contributed by atoms with Crippen LogP contribution in [0.25, 0.3) is 0 Å². The lowest BCUT2D eigenvalue weighted by Gasteiger charge is -2.12. The van der Waals surface area contributed by atoms with E-state index in [-0.39, 0.29) is 36.4 Å². The molecule has 0 aliphatic carbocycles. The predicted octanol–water partition coefficient (Wildman–Crippen LogP) is 2.58. The van der Waals surface area contributed by atoms with E-state index >= 15 is 0 Å². The molecule has 27 heavy (non-hydrogen) atoms. The molecule has 0 radical (unpaired) electrons. The van der Waals surface area contributed by atoms with E-state index < -0.39 is 0 Å². The van der Waals surface area contributed by atoms with E-state index in [9.17, 15) is 4.79 Å². The van der Waals surface area contributed by atoms with E-state index in [0.717, 1.165) is 26.0 Å². The molecule has 1 aromatic rings. The summed E-state index contributed by atoms with van der Waals surface area (Å²) in [6, 6.07) is 10.1. The van der Waals surface area contributed by atoms with Crippen LogP contribution in [0.15, 0.2) is 35.3 Å². The second-order valence-electron chi connectivity index (χ2n) is 6.50. The highest BCUT2D eigenvalue weighted by Gasteiger charge is 2.02. The fraction of sp³-hybridized carbons (Fsp3) is 0.600. The van der Waals surface area contributed by atoms with Gasteiger partial charge in [0, 0.05) is 26.2 Å². The smallest absolute Gasteiger partial charge is 0.241 e. The molecule has 1 amide bonds. The number of aliphatic imine (C=N–C) groups is 1. The minimum Gasteiger partial charge on any atom is -0.380 e. The van der Waals surface area contributed by atoms with Crippen molar-refractivity contribution in [2.45, 2.75) is 33.6 Å². The summed E-state index contributed by atoms with van der Waals surface area (Å²) in [5.74, 6) is 1.21. The maximum atomic E-state index is 11.9. The average molecular weight is 490 g/mol. The lowest BCUT2D eigenvalue weighted by molar-refractivity contribution is -0.119. The first-order chi connectivity index (χ1) is 12.6. The van der Waals surface area contributed by atoms with Crippen molar-refractivity contribution in [3.8, 4) is 0 Å². The highest BCUT2D eigenvalue weighted by atomic mass is 127. The molecule has 0 aliphatic rings. The van der Waals surface area contributed by atoms with Crippen molar-refractivity contribution in [2.75, 3.05) is 39.4 Å². The van der Waals surface area contributed by atoms with Crippen LogP contribution in [0.4, 0.5) is 0 Å². The molecule has 0 heterocycles. The van der Waals surface area contributed by atoms with Crippen molar-refractivity contribution in [1.29, 1.82) is 0 Å². The maximum Gasteiger partial charge on any atom is 0.241 e. The van der Waals surface area contributed by atoms with E-state index in [1.54, 1.807) is 0 Å². The monoisotopic (exact) mass is 490 g/mol. The number of hydrogen-bond acceptors (Lipinski definition) is 3. The van der Waals surface area contributed by atoms with Crippen LogP contribution in [0.2, 0.25) is 0 Å². The largest absolute Gasteiger partial charge is 0.380 e. The zero-order chi connectivity index (χ0) is 19.0. The van der Waals surface area contributed by atoms with Crippen LogP contribution in [-0.2, 0) is 16.0 Å². The van der Waals surface area contributed by atoms with Gasteiger partial charge in [-0.3, -0.25) is 4.79 Å². The van der Waals surface area contributed by atoms with Gasteiger partial charge in [0.1, 0.15) is 6.54 Å². The number of amides is 1. The Morgan fingerprint density at radius 3 is 2.48 bits per heavy atom. The molecule has 6 nitrogen and oxygen atoms in total. The molecule has 1 aromatic carbocycles. The van der Waals surface area contributed by atoms with Crippen molar-refractivity contribution >= 4 is 35.8 Å². The minimum atomic E-state index is -0.0775. The molecular weight excluding hydrogens is 455 g/mol. The first-order valence-electron chi connectivity index (χ1n) is 9.52. The Labute approximate surface area is 181 Å². The fourth-order valence-corrected chi connectivity index (χ4v) is 2.20. The van der Waals surface area contributed by atoms with Gasteiger partial charge in [-0.05, 0) is 31.2 Å². The molecule has 154 valence electrons. The van der Waals surface area contributed by atoms with Crippen LogP contribution in [0, 0.1) is 5.92 Å². The van der Waals surface area contributed by atoms with E-state index in [4.69, 9.17) is 4.74 Å². The Bertz CT molecular complexity index is 524. The lowest BCUT2D eigenvalue weighted by atomic mass is 10.1. The third-order valence-electron chi connectivity index (χ3n) is 3.68. The number of benzene rings is 1. The number of nitrogens with zero attached hydrogens (tertiary/aromatic N) is 1. The normalized spacial score (nSPS) is 11.0. The second-order valence-corrected chi connectivity index (χ2v) is 6.50. The SMILES string of the molecule is CCNC(=NCC(=O)NCCc1ccccc1)NCCOCCC(C)C.I. The van der Waals surface area contributed by atoms with Gasteiger partial charge in [-0.2, -0.15) is 0 Å². The zero-order valence-corrected chi connectivity index (χ0v) is 19.1. The van der Waals surface area contributed by atoms with Crippen LogP contribution in [0.5, 0.6) is 0 Å². The average Bonchev–Trinajstić information content (AvgIpc) is 2.63. The number of hydrogen-bond donors (Lipinski definition) is 3. The van der Waals surface area contributed by atoms with E-state index in [0.29, 0.717) is 31.6 Å². The molecule has 0 saturated heterocycles. The number of rotatable bonds is 12. The summed E-state index contributed by atoms with van der Waals surface area (Å²) in [6.07, 6.45) is 1.89. The summed E-state index contributed by atoms with van der Waals surface area (Å²) in [5, 5.41) is 9.21. The summed E-state index contributed by atoms with van der Waals surface area (Å²) in [7, 11) is 0. The first-order valence-corrected chi connectivity index (χ1v) is 9.52. The Hall–Kier alpha value is -1.35. The molecule has 0 saturated carbocycles. The van der Waals surface area contributed by atoms with Gasteiger partial charge in [0.15, 0.2) is 5.96 Å². The maximum absolute atomic E-state index is 11.9. The van der Waals surface area contributed by atoms with Gasteiger partial charge in [0.25, 0.3) is 0 Å². The molecule has 0 fully saturated rings. The quantitative estimate of drug-likeness (QED) is 0.182. The molecule has 3 N–H and O–H groups in total. The van der Waals surface area contributed by atoms with Crippen LogP contribution >= 0.6 is 24.0 Å². The third-order valence-corrected chi connectivity index (χ3v) is 3.68. The Kier molecular flexibility index (Phi) is 16.0. The molecule has 0 spiro atoms. The van der Waals surface area contributed by atoms with Crippen LogP contribution in [-0.4, -0.2) is 51.3 Å². The van der Waals surface area contributed by atoms with E-state index in [1.807, 2.05) is 25.1 Å². The van der Waals surface area contributed by atoms with Crippen molar-refractivity contribution in [3.05, 3.63) is 35.9 Å². The van der Waals surface area contributed by atoms with Gasteiger partial charge < -0.3 is 20.7 Å². The summed E-state index contributed by atoms with van der Waals surface area (Å²) >= 11 is 0. The summed E-state index contributed by atoms with van der Waals surface area (Å²) in [5.41, 5.74) is 1.21. The van der Waals surface area contributed by atoms with Crippen molar-refractivity contribution in [3.63, 3.8) is 0 Å². The topological polar surface area (TPSA) is 74.8 Å². The Morgan fingerprint density at radius 1 is 1.07 bits per heavy atom. The number of carbonyl (C=O) groups excluding carboxylic acids is 1. The van der Waals surface area contributed by atoms with Gasteiger partial charge in [-0.15, -0.1) is 24.0 Å². The molecular formula is C20H35IN4O2. The summed E-state index contributed by atoms with van der Waals surface area (Å²) in [6.45, 7) is 9.90. The molecule has 0 aromatic heterocycles. The van der Waals surface area contributed by atoms with Crippen molar-refractivity contribution in [1.82, 2.24) is 16.0 Å². The molecule has 0 atom stereocenters. The molecule has 0 bridgehead atoms. The van der Waals surface area contributed by atoms with Crippen LogP contribution in [0.1, 0.15) is 32.8 Å². The van der Waals surface area contributed by atoms with Gasteiger partial charge in [0.2, 0.25) is 5.91 Å². The van der Waals surface area contributed by atoms with Gasteiger partial charge in [-0.1, -0.05) is 44.2 Å². The first kappa shape index (κ1) is 25.6. The standard InChI is InChI=1S/C20H34N4O2.HI/c1-4-21-20(23-13-15-26-14-11-17(2)3)24-16-19(25)22-12-10-18-8-6-5-7-9-18;/h5-9,17H,4,10-16H2,1-3H3,(H,22,25)(H2,21,23,24);1H. The molecule has 1 rings (SSSR count). The third kappa shape index (κ3) is 14.4. The minimum absolute atomic E-state index is 0. The van der Waals surface area contributed by atoms with E-state index in [2.05, 4.69) is 46.9 Å². The van der Waals surface area contributed by atoms with Crippen LogP contribution in [0.3, 0.4) is 0 Å². The fourth-order valence-electron chi connectivity index (χ4n) is 2.20. The van der Waals surface area contributed by atoms with E-state index in [1.165, 1.54) is 5.56 Å². The summed E-state index contributed by atoms with van der Waals surface area (Å²) < 4.78 is 5.57. The van der Waals surface area contributed by atoms with Gasteiger partial charge in [-0.25, -0.2) is 4.99 Å². The lowest BCUT2D eigenvalue weighted by Crippen LogP contribution is -2.40. The van der Waals surface area contributed by atoms with Gasteiger partial charge >= 0.3 is 0 Å². The second kappa shape index (κ2) is 16.8. The number of guanidine groups is 1. The number of nitrogens with one attached hydrogen (secondary N) is 3. The molecule has 0 unspecified atom stereocenters. The van der Waals surface area contributed by atoms with Crippen molar-refractivity contribution in [2.24, 2.45) is 10.9 Å². The van der Waals surface area contributed by atoms with Gasteiger partial charge in [0.05, 0.1) is 6.61 Å². The summed E-state index contributed by atoms with van der Waals surface area (Å²) in [4.78, 5) is 16.2. The predicted molar refractivity (Wildman–Crippen MR) is 123 cm³/mol. The number of carbonyl (C=O) groups is 1.